The van der Waals surface area contributed by atoms with E-state index in [-0.39, 0.29) is 32.3 Å². The number of hydrogen-bond donors (Lipinski definition) is 2. The highest BCUT2D eigenvalue weighted by Crippen LogP contribution is 2.39. The SMILES string of the molecule is O=C(c1ccc(F)cc1N1CCN(c2ncnc3cc(N4CCNCC4)c([N+](=O)[O-])cc23)CC1)c1ccc(F)cc1N1CCN(c2ncnc3cc(N4CCNCC4)c([N+](=O)[O-])cc23)CC1. The summed E-state index contributed by atoms with van der Waals surface area (Å²) in [6, 6.07) is 14.7. The van der Waals surface area contributed by atoms with Crippen molar-refractivity contribution in [2.45, 2.75) is 0 Å². The van der Waals surface area contributed by atoms with Crippen LogP contribution >= 0.6 is 0 Å². The molecule has 0 amide bonds. The molecule has 4 fully saturated rings. The summed E-state index contributed by atoms with van der Waals surface area (Å²) in [4.78, 5) is 68.5. The molecule has 19 nitrogen and oxygen atoms in total. The van der Waals surface area contributed by atoms with E-state index in [1.165, 1.54) is 49.1 Å². The Balaban J connectivity index is 0.874. The van der Waals surface area contributed by atoms with Gasteiger partial charge in [0.15, 0.2) is 5.78 Å². The van der Waals surface area contributed by atoms with Crippen LogP contribution in [0.1, 0.15) is 15.9 Å². The lowest BCUT2D eigenvalue weighted by Crippen LogP contribution is -2.47. The predicted octanol–water partition coefficient (Wildman–Crippen LogP) is 4.37. The first-order valence-corrected chi connectivity index (χ1v) is 22.0. The van der Waals surface area contributed by atoms with Gasteiger partial charge in [0.05, 0.1) is 32.3 Å². The van der Waals surface area contributed by atoms with Crippen LogP contribution in [0.4, 0.5) is 54.5 Å². The second-order valence-corrected chi connectivity index (χ2v) is 16.7. The van der Waals surface area contributed by atoms with Crippen LogP contribution in [0.5, 0.6) is 0 Å². The fourth-order valence-electron chi connectivity index (χ4n) is 9.63. The Morgan fingerprint density at radius 1 is 0.485 bits per heavy atom. The summed E-state index contributed by atoms with van der Waals surface area (Å²) in [7, 11) is 0. The second-order valence-electron chi connectivity index (χ2n) is 16.7. The molecule has 0 atom stereocenters. The van der Waals surface area contributed by atoms with Gasteiger partial charge in [-0.2, -0.15) is 0 Å². The van der Waals surface area contributed by atoms with Crippen molar-refractivity contribution in [3.63, 3.8) is 0 Å². The normalized spacial score (nSPS) is 17.2. The number of rotatable bonds is 10. The number of carbonyl (C=O) groups excluding carboxylic acids is 1. The van der Waals surface area contributed by atoms with Crippen LogP contribution in [0, 0.1) is 31.9 Å². The minimum atomic E-state index is -0.517. The molecule has 4 aromatic carbocycles. The minimum absolute atomic E-state index is 0.0170. The zero-order chi connectivity index (χ0) is 45.5. The third-order valence-corrected chi connectivity index (χ3v) is 13.0. The van der Waals surface area contributed by atoms with Gasteiger partial charge in [0.1, 0.15) is 47.3 Å². The van der Waals surface area contributed by atoms with Crippen molar-refractivity contribution in [2.24, 2.45) is 0 Å². The average Bonchev–Trinajstić information content (AvgIpc) is 3.35. The summed E-state index contributed by atoms with van der Waals surface area (Å²) in [6.45, 7) is 8.61. The number of hydrogen-bond acceptors (Lipinski definition) is 17. The number of nitrogens with one attached hydrogen (secondary N) is 2. The van der Waals surface area contributed by atoms with Crippen LogP contribution < -0.4 is 40.0 Å². The number of nitro benzene ring substituents is 2. The molecular weight excluding hydrogens is 855 g/mol. The molecule has 2 N–H and O–H groups in total. The molecule has 0 bridgehead atoms. The van der Waals surface area contributed by atoms with Gasteiger partial charge in [-0.05, 0) is 48.5 Å². The molecule has 0 saturated carbocycles. The van der Waals surface area contributed by atoms with Crippen LogP contribution in [-0.4, -0.2) is 140 Å². The Kier molecular flexibility index (Phi) is 11.5. The quantitative estimate of drug-likeness (QED) is 0.112. The number of benzene rings is 4. The summed E-state index contributed by atoms with van der Waals surface area (Å²) < 4.78 is 30.2. The van der Waals surface area contributed by atoms with Crippen LogP contribution in [0.25, 0.3) is 21.8 Å². The highest BCUT2D eigenvalue weighted by atomic mass is 19.1. The van der Waals surface area contributed by atoms with Gasteiger partial charge in [-0.15, -0.1) is 0 Å². The number of fused-ring (bicyclic) bond motifs is 2. The standard InChI is InChI=1S/C45H46F2N14O5/c46-29-1-3-31(37(21-29)56-13-17-58(18-14-56)44-33-23-41(60(63)64)39(25-35(33)50-27-52-44)54-9-5-48-6-10-54)43(62)32-4-2-30(47)22-38(32)57-15-19-59(20-16-57)45-34-24-42(61(65)66)40(26-36(34)51-28-53-45)55-11-7-49-8-12-55/h1-4,21-28,48-49H,5-20H2. The molecule has 340 valence electrons. The van der Waals surface area contributed by atoms with Crippen molar-refractivity contribution < 1.29 is 23.4 Å². The van der Waals surface area contributed by atoms with E-state index in [1.807, 2.05) is 29.4 Å². The third kappa shape index (κ3) is 8.14. The topological polar surface area (TPSA) is 198 Å². The highest BCUT2D eigenvalue weighted by molar-refractivity contribution is 6.15. The van der Waals surface area contributed by atoms with E-state index in [9.17, 15) is 25.0 Å². The van der Waals surface area contributed by atoms with E-state index in [0.29, 0.717) is 135 Å². The van der Waals surface area contributed by atoms with Crippen LogP contribution in [-0.2, 0) is 0 Å². The fraction of sp³-hybridized carbons (Fsp3) is 0.356. The number of nitro groups is 2. The molecule has 21 heteroatoms. The second kappa shape index (κ2) is 17.9. The molecule has 4 aliphatic rings. The zero-order valence-electron chi connectivity index (χ0n) is 35.9. The van der Waals surface area contributed by atoms with Crippen molar-refractivity contribution in [2.75, 3.05) is 134 Å². The van der Waals surface area contributed by atoms with Gasteiger partial charge in [-0.1, -0.05) is 0 Å². The molecule has 0 radical (unpaired) electrons. The van der Waals surface area contributed by atoms with Crippen molar-refractivity contribution in [1.29, 1.82) is 0 Å². The molecule has 4 saturated heterocycles. The highest BCUT2D eigenvalue weighted by Gasteiger charge is 2.31. The number of piperazine rings is 4. The smallest absolute Gasteiger partial charge is 0.293 e. The van der Waals surface area contributed by atoms with Crippen LogP contribution in [0.15, 0.2) is 73.3 Å². The number of nitrogens with zero attached hydrogens (tertiary/aromatic N) is 12. The van der Waals surface area contributed by atoms with Gasteiger partial charge in [0, 0.05) is 139 Å². The van der Waals surface area contributed by atoms with Crippen LogP contribution in [0.2, 0.25) is 0 Å². The molecule has 66 heavy (non-hydrogen) atoms. The van der Waals surface area contributed by atoms with E-state index in [1.54, 1.807) is 24.3 Å². The van der Waals surface area contributed by atoms with Gasteiger partial charge < -0.3 is 40.0 Å². The number of aromatic nitrogens is 4. The van der Waals surface area contributed by atoms with Gasteiger partial charge >= 0.3 is 0 Å². The average molecular weight is 901 g/mol. The Hall–Kier alpha value is -7.39. The van der Waals surface area contributed by atoms with Crippen molar-refractivity contribution >= 4 is 73.3 Å². The minimum Gasteiger partial charge on any atom is -0.367 e. The lowest BCUT2D eigenvalue weighted by molar-refractivity contribution is -0.384. The van der Waals surface area contributed by atoms with E-state index in [2.05, 4.69) is 30.6 Å². The van der Waals surface area contributed by atoms with E-state index >= 15 is 8.78 Å². The molecular formula is C45H46F2N14O5. The maximum Gasteiger partial charge on any atom is 0.293 e. The Morgan fingerprint density at radius 2 is 0.848 bits per heavy atom. The number of ketones is 1. The van der Waals surface area contributed by atoms with Gasteiger partial charge in [0.25, 0.3) is 11.4 Å². The number of anilines is 6. The summed E-state index contributed by atoms with van der Waals surface area (Å²) in [5.74, 6) is -0.327. The molecule has 6 aromatic rings. The summed E-state index contributed by atoms with van der Waals surface area (Å²) in [5, 5.41) is 32.3. The van der Waals surface area contributed by atoms with Gasteiger partial charge in [0.2, 0.25) is 0 Å². The molecule has 0 unspecified atom stereocenters. The zero-order valence-corrected chi connectivity index (χ0v) is 35.9. The molecule has 10 rings (SSSR count). The first kappa shape index (κ1) is 42.6. The van der Waals surface area contributed by atoms with Gasteiger partial charge in [-0.3, -0.25) is 25.0 Å². The van der Waals surface area contributed by atoms with E-state index in [4.69, 9.17) is 0 Å². The van der Waals surface area contributed by atoms with E-state index < -0.39 is 17.4 Å². The Bertz CT molecular complexity index is 2670. The maximum absolute atomic E-state index is 15.1. The van der Waals surface area contributed by atoms with Crippen molar-refractivity contribution in [1.82, 2.24) is 30.6 Å². The van der Waals surface area contributed by atoms with Gasteiger partial charge in [-0.25, -0.2) is 28.7 Å². The summed E-state index contributed by atoms with van der Waals surface area (Å²) in [6.07, 6.45) is 2.91. The predicted molar refractivity (Wildman–Crippen MR) is 248 cm³/mol. The molecule has 2 aromatic heterocycles. The number of carbonyl (C=O) groups is 1. The lowest BCUT2D eigenvalue weighted by atomic mass is 9.98. The monoisotopic (exact) mass is 900 g/mol. The molecule has 4 aliphatic heterocycles. The third-order valence-electron chi connectivity index (χ3n) is 13.0. The van der Waals surface area contributed by atoms with E-state index in [0.717, 1.165) is 26.2 Å². The van der Waals surface area contributed by atoms with Crippen molar-refractivity contribution in [3.05, 3.63) is 116 Å². The lowest BCUT2D eigenvalue weighted by Gasteiger charge is -2.38. The number of halogens is 2. The first-order valence-electron chi connectivity index (χ1n) is 22.0. The Labute approximate surface area is 376 Å². The maximum atomic E-state index is 15.1. The summed E-state index contributed by atoms with van der Waals surface area (Å²) >= 11 is 0. The summed E-state index contributed by atoms with van der Waals surface area (Å²) in [5.41, 5.74) is 3.49. The van der Waals surface area contributed by atoms with Crippen molar-refractivity contribution in [3.8, 4) is 0 Å². The first-order chi connectivity index (χ1) is 32.1. The molecule has 0 aliphatic carbocycles. The Morgan fingerprint density at radius 3 is 1.23 bits per heavy atom. The molecule has 6 heterocycles. The largest absolute Gasteiger partial charge is 0.367 e. The fourth-order valence-corrected chi connectivity index (χ4v) is 9.63. The van der Waals surface area contributed by atoms with Crippen LogP contribution in [0.3, 0.4) is 0 Å². The molecule has 0 spiro atoms.